The number of rotatable bonds is 3. The van der Waals surface area contributed by atoms with E-state index in [1.54, 1.807) is 6.92 Å². The zero-order valence-electron chi connectivity index (χ0n) is 9.60. The van der Waals surface area contributed by atoms with Gasteiger partial charge in [-0.05, 0) is 19.1 Å². The Balaban J connectivity index is 3.13. The Morgan fingerprint density at radius 2 is 1.84 bits per heavy atom. The molecule has 8 heteroatoms. The van der Waals surface area contributed by atoms with Crippen molar-refractivity contribution in [2.75, 3.05) is 0 Å². The van der Waals surface area contributed by atoms with E-state index in [0.717, 1.165) is 23.8 Å². The van der Waals surface area contributed by atoms with Crippen LogP contribution in [0.15, 0.2) is 41.0 Å². The van der Waals surface area contributed by atoms with Crippen molar-refractivity contribution in [1.82, 2.24) is 0 Å². The molecule has 0 saturated heterocycles. The van der Waals surface area contributed by atoms with Gasteiger partial charge in [-0.3, -0.25) is 0 Å². The number of allylic oxidation sites excluding steroid dienone is 2. The van der Waals surface area contributed by atoms with Crippen molar-refractivity contribution in [1.29, 1.82) is 5.26 Å². The summed E-state index contributed by atoms with van der Waals surface area (Å²) in [6.07, 6.45) is -5.07. The van der Waals surface area contributed by atoms with E-state index in [9.17, 15) is 21.6 Å². The summed E-state index contributed by atoms with van der Waals surface area (Å²) in [7, 11) is -4.62. The lowest BCUT2D eigenvalue weighted by Crippen LogP contribution is -2.18. The van der Waals surface area contributed by atoms with Crippen molar-refractivity contribution >= 4 is 10.1 Å². The third-order valence-corrected chi connectivity index (χ3v) is 3.23. The lowest BCUT2D eigenvalue weighted by Gasteiger charge is -2.12. The molecule has 0 aromatic heterocycles. The molecule has 102 valence electrons. The van der Waals surface area contributed by atoms with E-state index in [2.05, 4.69) is 4.18 Å². The van der Waals surface area contributed by atoms with Gasteiger partial charge in [-0.25, -0.2) is 0 Å². The third kappa shape index (κ3) is 3.99. The molecule has 1 rings (SSSR count). The first kappa shape index (κ1) is 15.0. The fourth-order valence-electron chi connectivity index (χ4n) is 1.08. The lowest BCUT2D eigenvalue weighted by molar-refractivity contribution is -0.115. The average Bonchev–Trinajstić information content (AvgIpc) is 2.27. The molecule has 0 aliphatic carbocycles. The van der Waals surface area contributed by atoms with Crippen molar-refractivity contribution < 1.29 is 25.8 Å². The van der Waals surface area contributed by atoms with Gasteiger partial charge in [0.15, 0.2) is 0 Å². The molecule has 0 heterocycles. The van der Waals surface area contributed by atoms with Gasteiger partial charge in [0.25, 0.3) is 0 Å². The summed E-state index contributed by atoms with van der Waals surface area (Å²) < 4.78 is 64.4. The SMILES string of the molecule is Cc1ccc(S(=O)(=O)O/C(=C\C#N)C(F)(F)F)cc1. The molecule has 0 bridgehead atoms. The highest BCUT2D eigenvalue weighted by atomic mass is 32.2. The van der Waals surface area contributed by atoms with Gasteiger partial charge in [-0.15, -0.1) is 0 Å². The van der Waals surface area contributed by atoms with Crippen LogP contribution in [-0.2, 0) is 14.3 Å². The minimum Gasteiger partial charge on any atom is -0.373 e. The summed E-state index contributed by atoms with van der Waals surface area (Å²) in [6.45, 7) is 1.69. The highest BCUT2D eigenvalue weighted by molar-refractivity contribution is 7.86. The van der Waals surface area contributed by atoms with E-state index in [-0.39, 0.29) is 6.08 Å². The molecule has 0 atom stereocenters. The Morgan fingerprint density at radius 3 is 2.26 bits per heavy atom. The highest BCUT2D eigenvalue weighted by Crippen LogP contribution is 2.29. The van der Waals surface area contributed by atoms with Gasteiger partial charge in [0.05, 0.1) is 12.1 Å². The Bertz CT molecular complexity index is 625. The van der Waals surface area contributed by atoms with E-state index in [4.69, 9.17) is 5.26 Å². The first-order valence-electron chi connectivity index (χ1n) is 4.85. The van der Waals surface area contributed by atoms with Crippen molar-refractivity contribution in [3.63, 3.8) is 0 Å². The summed E-state index contributed by atoms with van der Waals surface area (Å²) in [4.78, 5) is -0.425. The molecule has 0 amide bonds. The van der Waals surface area contributed by atoms with Crippen LogP contribution in [0.5, 0.6) is 0 Å². The predicted molar refractivity (Wildman–Crippen MR) is 59.2 cm³/mol. The molecule has 0 saturated carbocycles. The largest absolute Gasteiger partial charge is 0.451 e. The number of benzene rings is 1. The van der Waals surface area contributed by atoms with Crippen LogP contribution >= 0.6 is 0 Å². The van der Waals surface area contributed by atoms with Gasteiger partial charge >= 0.3 is 16.3 Å². The number of nitriles is 1. The molecule has 4 nitrogen and oxygen atoms in total. The van der Waals surface area contributed by atoms with Crippen molar-refractivity contribution in [3.05, 3.63) is 41.7 Å². The number of nitrogens with zero attached hydrogens (tertiary/aromatic N) is 1. The van der Waals surface area contributed by atoms with Gasteiger partial charge in [0, 0.05) is 0 Å². The Kier molecular flexibility index (Phi) is 4.21. The Labute approximate surface area is 107 Å². The van der Waals surface area contributed by atoms with Gasteiger partial charge < -0.3 is 4.18 Å². The second kappa shape index (κ2) is 5.32. The molecular formula is C11H8F3NO3S. The maximum atomic E-state index is 12.4. The summed E-state index contributed by atoms with van der Waals surface area (Å²) in [5, 5.41) is 8.20. The fraction of sp³-hybridized carbons (Fsp3) is 0.182. The quantitative estimate of drug-likeness (QED) is 0.488. The molecule has 0 aliphatic rings. The molecule has 1 aromatic carbocycles. The Morgan fingerprint density at radius 1 is 1.32 bits per heavy atom. The zero-order valence-corrected chi connectivity index (χ0v) is 10.4. The summed E-state index contributed by atoms with van der Waals surface area (Å²) >= 11 is 0. The maximum Gasteiger partial charge on any atom is 0.451 e. The van der Waals surface area contributed by atoms with Gasteiger partial charge in [-0.2, -0.15) is 26.9 Å². The lowest BCUT2D eigenvalue weighted by atomic mass is 10.2. The van der Waals surface area contributed by atoms with Crippen LogP contribution in [0.25, 0.3) is 0 Å². The second-order valence-corrected chi connectivity index (χ2v) is 5.03. The molecule has 0 unspecified atom stereocenters. The van der Waals surface area contributed by atoms with Gasteiger partial charge in [0.2, 0.25) is 5.76 Å². The molecule has 0 aliphatic heterocycles. The summed E-state index contributed by atoms with van der Waals surface area (Å²) in [6, 6.07) is 6.15. The average molecular weight is 291 g/mol. The van der Waals surface area contributed by atoms with Crippen molar-refractivity contribution in [3.8, 4) is 6.07 Å². The van der Waals surface area contributed by atoms with Crippen LogP contribution in [0, 0.1) is 18.3 Å². The minimum atomic E-state index is -5.06. The third-order valence-electron chi connectivity index (χ3n) is 1.98. The number of aryl methyl sites for hydroxylation is 1. The van der Waals surface area contributed by atoms with E-state index in [1.807, 2.05) is 0 Å². The normalized spacial score (nSPS) is 12.9. The minimum absolute atomic E-state index is 0.00819. The fourth-order valence-corrected chi connectivity index (χ4v) is 2.03. The summed E-state index contributed by atoms with van der Waals surface area (Å²) in [5.41, 5.74) is 0.738. The first-order chi connectivity index (χ1) is 8.66. The maximum absolute atomic E-state index is 12.4. The standard InChI is InChI=1S/C11H8F3NO3S/c1-8-2-4-9(5-3-8)19(16,17)18-10(6-7-15)11(12,13)14/h2-6H,1H3/b10-6-. The highest BCUT2D eigenvalue weighted by Gasteiger charge is 2.39. The van der Waals surface area contributed by atoms with Crippen LogP contribution in [0.2, 0.25) is 0 Å². The number of alkyl halides is 3. The molecule has 0 radical (unpaired) electrons. The molecule has 0 N–H and O–H groups in total. The van der Waals surface area contributed by atoms with Crippen molar-refractivity contribution in [2.24, 2.45) is 0 Å². The number of halogens is 3. The first-order valence-corrected chi connectivity index (χ1v) is 6.26. The van der Waals surface area contributed by atoms with E-state index in [0.29, 0.717) is 0 Å². The molecule has 1 aromatic rings. The topological polar surface area (TPSA) is 67.2 Å². The smallest absolute Gasteiger partial charge is 0.373 e. The zero-order chi connectivity index (χ0) is 14.7. The Hall–Kier alpha value is -2.01. The monoisotopic (exact) mass is 291 g/mol. The van der Waals surface area contributed by atoms with E-state index >= 15 is 0 Å². The second-order valence-electron chi connectivity index (χ2n) is 3.49. The summed E-state index contributed by atoms with van der Waals surface area (Å²) in [5.74, 6) is -1.88. The molecular weight excluding hydrogens is 283 g/mol. The molecule has 0 fully saturated rings. The molecule has 19 heavy (non-hydrogen) atoms. The van der Waals surface area contributed by atoms with Crippen LogP contribution in [0.3, 0.4) is 0 Å². The van der Waals surface area contributed by atoms with Crippen LogP contribution < -0.4 is 0 Å². The number of hydrogen-bond donors (Lipinski definition) is 0. The number of hydrogen-bond acceptors (Lipinski definition) is 4. The molecule has 0 spiro atoms. The van der Waals surface area contributed by atoms with Crippen LogP contribution in [0.1, 0.15) is 5.56 Å². The van der Waals surface area contributed by atoms with Gasteiger partial charge in [0.1, 0.15) is 4.90 Å². The van der Waals surface area contributed by atoms with E-state index < -0.39 is 26.9 Å². The van der Waals surface area contributed by atoms with Gasteiger partial charge in [-0.1, -0.05) is 17.7 Å². The van der Waals surface area contributed by atoms with E-state index in [1.165, 1.54) is 12.1 Å². The predicted octanol–water partition coefficient (Wildman–Crippen LogP) is 2.67. The van der Waals surface area contributed by atoms with Crippen LogP contribution in [-0.4, -0.2) is 14.6 Å². The van der Waals surface area contributed by atoms with Crippen LogP contribution in [0.4, 0.5) is 13.2 Å². The van der Waals surface area contributed by atoms with Crippen molar-refractivity contribution in [2.45, 2.75) is 18.0 Å².